The number of nitrogens with two attached hydrogens (primary N) is 1. The number of nitrogens with zero attached hydrogens (tertiary/aromatic N) is 2. The summed E-state index contributed by atoms with van der Waals surface area (Å²) in [5, 5.41) is 1.06. The predicted octanol–water partition coefficient (Wildman–Crippen LogP) is 4.96. The van der Waals surface area contributed by atoms with Gasteiger partial charge in [-0.05, 0) is 47.1 Å². The zero-order valence-corrected chi connectivity index (χ0v) is 13.6. The van der Waals surface area contributed by atoms with Crippen molar-refractivity contribution in [2.24, 2.45) is 0 Å². The third kappa shape index (κ3) is 1.99. The molecule has 0 unspecified atom stereocenters. The Morgan fingerprint density at radius 1 is 1.15 bits per heavy atom. The van der Waals surface area contributed by atoms with E-state index in [9.17, 15) is 0 Å². The third-order valence-corrected chi connectivity index (χ3v) is 4.67. The average Bonchev–Trinajstić information content (AvgIpc) is 2.72. The quantitative estimate of drug-likeness (QED) is 0.657. The summed E-state index contributed by atoms with van der Waals surface area (Å²) in [6.45, 7) is 1.97. The zero-order chi connectivity index (χ0) is 14.4. The van der Waals surface area contributed by atoms with Gasteiger partial charge in [0.1, 0.15) is 17.2 Å². The second kappa shape index (κ2) is 4.95. The normalized spacial score (nSPS) is 11.2. The highest BCUT2D eigenvalue weighted by molar-refractivity contribution is 9.10. The number of pyridine rings is 1. The van der Waals surface area contributed by atoms with E-state index in [-0.39, 0.29) is 0 Å². The lowest BCUT2D eigenvalue weighted by Crippen LogP contribution is -1.98. The molecule has 0 aliphatic heterocycles. The molecule has 0 fully saturated rings. The van der Waals surface area contributed by atoms with E-state index < -0.39 is 0 Å². The standard InChI is InChI=1S/C14H10BrCl2N3/c1-7-8(15)5-6-11-19-13(14(18)20(7)11)12-9(16)3-2-4-10(12)17/h2-6H,18H2,1H3. The Morgan fingerprint density at radius 2 is 1.80 bits per heavy atom. The number of halogens is 3. The molecule has 0 amide bonds. The van der Waals surface area contributed by atoms with Crippen molar-refractivity contribution in [3.8, 4) is 11.3 Å². The highest BCUT2D eigenvalue weighted by Crippen LogP contribution is 2.38. The van der Waals surface area contributed by atoms with Gasteiger partial charge in [-0.2, -0.15) is 0 Å². The Labute approximate surface area is 134 Å². The van der Waals surface area contributed by atoms with Crippen molar-refractivity contribution in [3.63, 3.8) is 0 Å². The minimum atomic E-state index is 0.522. The number of nitrogen functional groups attached to an aromatic ring is 1. The molecule has 2 heterocycles. The van der Waals surface area contributed by atoms with Gasteiger partial charge >= 0.3 is 0 Å². The number of fused-ring (bicyclic) bond motifs is 1. The summed E-state index contributed by atoms with van der Waals surface area (Å²) in [5.41, 5.74) is 9.23. The summed E-state index contributed by atoms with van der Waals surface area (Å²) in [5.74, 6) is 0.522. The molecule has 0 spiro atoms. The molecule has 0 atom stereocenters. The van der Waals surface area contributed by atoms with E-state index in [1.807, 2.05) is 23.5 Å². The fourth-order valence-electron chi connectivity index (χ4n) is 2.20. The van der Waals surface area contributed by atoms with Gasteiger partial charge in [0.05, 0.1) is 10.0 Å². The molecule has 2 N–H and O–H groups in total. The summed E-state index contributed by atoms with van der Waals surface area (Å²) in [6.07, 6.45) is 0. The van der Waals surface area contributed by atoms with Gasteiger partial charge in [0.25, 0.3) is 0 Å². The summed E-state index contributed by atoms with van der Waals surface area (Å²) < 4.78 is 2.84. The number of hydrogen-bond acceptors (Lipinski definition) is 2. The van der Waals surface area contributed by atoms with E-state index in [1.54, 1.807) is 18.2 Å². The average molecular weight is 371 g/mol. The highest BCUT2D eigenvalue weighted by atomic mass is 79.9. The van der Waals surface area contributed by atoms with Crippen LogP contribution in [0.1, 0.15) is 5.69 Å². The first-order chi connectivity index (χ1) is 9.50. The van der Waals surface area contributed by atoms with Gasteiger partial charge in [-0.1, -0.05) is 29.3 Å². The number of anilines is 1. The molecule has 0 bridgehead atoms. The minimum Gasteiger partial charge on any atom is -0.383 e. The summed E-state index contributed by atoms with van der Waals surface area (Å²) in [4.78, 5) is 4.55. The molecule has 6 heteroatoms. The van der Waals surface area contributed by atoms with Crippen molar-refractivity contribution in [3.05, 3.63) is 50.5 Å². The minimum absolute atomic E-state index is 0.522. The van der Waals surface area contributed by atoms with Crippen LogP contribution in [0.25, 0.3) is 16.9 Å². The molecule has 20 heavy (non-hydrogen) atoms. The fraction of sp³-hybridized carbons (Fsp3) is 0.0714. The topological polar surface area (TPSA) is 43.3 Å². The lowest BCUT2D eigenvalue weighted by Gasteiger charge is -2.06. The highest BCUT2D eigenvalue weighted by Gasteiger charge is 2.18. The Morgan fingerprint density at radius 3 is 2.45 bits per heavy atom. The van der Waals surface area contributed by atoms with E-state index in [4.69, 9.17) is 28.9 Å². The van der Waals surface area contributed by atoms with Crippen molar-refractivity contribution in [2.75, 3.05) is 5.73 Å². The van der Waals surface area contributed by atoms with Crippen molar-refractivity contribution >= 4 is 50.6 Å². The van der Waals surface area contributed by atoms with E-state index in [1.165, 1.54) is 0 Å². The molecule has 0 saturated carbocycles. The molecule has 3 rings (SSSR count). The lowest BCUT2D eigenvalue weighted by molar-refractivity contribution is 1.09. The van der Waals surface area contributed by atoms with Crippen molar-refractivity contribution in [1.29, 1.82) is 0 Å². The van der Waals surface area contributed by atoms with Crippen LogP contribution < -0.4 is 5.73 Å². The Kier molecular flexibility index (Phi) is 3.40. The number of aryl methyl sites for hydroxylation is 1. The van der Waals surface area contributed by atoms with Crippen LogP contribution >= 0.6 is 39.1 Å². The SMILES string of the molecule is Cc1c(Br)ccc2nc(-c3c(Cl)cccc3Cl)c(N)n12. The third-order valence-electron chi connectivity index (χ3n) is 3.20. The van der Waals surface area contributed by atoms with Crippen molar-refractivity contribution in [1.82, 2.24) is 9.38 Å². The van der Waals surface area contributed by atoms with Crippen LogP contribution in [0.5, 0.6) is 0 Å². The van der Waals surface area contributed by atoms with Crippen LogP contribution in [0.15, 0.2) is 34.8 Å². The second-order valence-electron chi connectivity index (χ2n) is 4.40. The smallest absolute Gasteiger partial charge is 0.139 e. The molecule has 2 aromatic heterocycles. The molecule has 0 radical (unpaired) electrons. The lowest BCUT2D eigenvalue weighted by atomic mass is 10.1. The van der Waals surface area contributed by atoms with E-state index in [0.29, 0.717) is 27.1 Å². The Hall–Kier alpha value is -1.23. The van der Waals surface area contributed by atoms with Crippen LogP contribution in [-0.4, -0.2) is 9.38 Å². The molecule has 0 aliphatic carbocycles. The van der Waals surface area contributed by atoms with Crippen LogP contribution in [0.3, 0.4) is 0 Å². The number of hydrogen-bond donors (Lipinski definition) is 1. The van der Waals surface area contributed by atoms with Crippen LogP contribution in [0.4, 0.5) is 5.82 Å². The number of imidazole rings is 1. The van der Waals surface area contributed by atoms with Crippen molar-refractivity contribution in [2.45, 2.75) is 6.92 Å². The van der Waals surface area contributed by atoms with E-state index in [0.717, 1.165) is 15.8 Å². The van der Waals surface area contributed by atoms with E-state index >= 15 is 0 Å². The Bertz CT molecular complexity index is 807. The zero-order valence-electron chi connectivity index (χ0n) is 10.5. The molecule has 0 aliphatic rings. The molecule has 3 nitrogen and oxygen atoms in total. The largest absolute Gasteiger partial charge is 0.383 e. The predicted molar refractivity (Wildman–Crippen MR) is 87.5 cm³/mol. The van der Waals surface area contributed by atoms with Gasteiger partial charge in [-0.15, -0.1) is 0 Å². The first kappa shape index (κ1) is 13.7. The maximum atomic E-state index is 6.24. The first-order valence-electron chi connectivity index (χ1n) is 5.88. The molecule has 102 valence electrons. The number of aromatic nitrogens is 2. The molecular weight excluding hydrogens is 361 g/mol. The first-order valence-corrected chi connectivity index (χ1v) is 7.43. The van der Waals surface area contributed by atoms with Gasteiger partial charge < -0.3 is 5.73 Å². The van der Waals surface area contributed by atoms with E-state index in [2.05, 4.69) is 20.9 Å². The molecule has 0 saturated heterocycles. The maximum Gasteiger partial charge on any atom is 0.139 e. The monoisotopic (exact) mass is 369 g/mol. The summed E-state index contributed by atoms with van der Waals surface area (Å²) >= 11 is 16.0. The maximum absolute atomic E-state index is 6.24. The van der Waals surface area contributed by atoms with Gasteiger partial charge in [0.2, 0.25) is 0 Å². The fourth-order valence-corrected chi connectivity index (χ4v) is 3.08. The van der Waals surface area contributed by atoms with Crippen LogP contribution in [0.2, 0.25) is 10.0 Å². The summed E-state index contributed by atoms with van der Waals surface area (Å²) in [7, 11) is 0. The molecule has 3 aromatic rings. The van der Waals surface area contributed by atoms with Crippen LogP contribution in [0, 0.1) is 6.92 Å². The van der Waals surface area contributed by atoms with Gasteiger partial charge in [-0.25, -0.2) is 4.98 Å². The molecule has 1 aromatic carbocycles. The van der Waals surface area contributed by atoms with Gasteiger partial charge in [-0.3, -0.25) is 4.40 Å². The van der Waals surface area contributed by atoms with Gasteiger partial charge in [0, 0.05) is 15.7 Å². The second-order valence-corrected chi connectivity index (χ2v) is 6.07. The van der Waals surface area contributed by atoms with Gasteiger partial charge in [0.15, 0.2) is 0 Å². The Balaban J connectivity index is 2.39. The molecular formula is C14H10BrCl2N3. The van der Waals surface area contributed by atoms with Crippen LogP contribution in [-0.2, 0) is 0 Å². The number of benzene rings is 1. The van der Waals surface area contributed by atoms with Crippen molar-refractivity contribution < 1.29 is 0 Å². The number of rotatable bonds is 1. The summed E-state index contributed by atoms with van der Waals surface area (Å²) in [6, 6.07) is 9.17.